The molecule has 5 heteroatoms. The van der Waals surface area contributed by atoms with Gasteiger partial charge in [-0.1, -0.05) is 11.6 Å². The van der Waals surface area contributed by atoms with Crippen LogP contribution in [0.4, 0.5) is 0 Å². The molecule has 20 heavy (non-hydrogen) atoms. The molecule has 0 bridgehead atoms. The Morgan fingerprint density at radius 1 is 1.45 bits per heavy atom. The van der Waals surface area contributed by atoms with Gasteiger partial charge in [-0.3, -0.25) is 4.79 Å². The largest absolute Gasteiger partial charge is 0.385 e. The van der Waals surface area contributed by atoms with Crippen molar-refractivity contribution < 1.29 is 9.53 Å². The van der Waals surface area contributed by atoms with Crippen molar-refractivity contribution in [3.63, 3.8) is 0 Å². The van der Waals surface area contributed by atoms with Gasteiger partial charge in [0.15, 0.2) is 0 Å². The molecule has 0 aliphatic heterocycles. The molecule has 0 spiro atoms. The summed E-state index contributed by atoms with van der Waals surface area (Å²) in [6.07, 6.45) is 1.18. The Bertz CT molecular complexity index is 607. The van der Waals surface area contributed by atoms with E-state index in [2.05, 4.69) is 10.3 Å². The highest BCUT2D eigenvalue weighted by molar-refractivity contribution is 6.31. The maximum absolute atomic E-state index is 12.0. The Kier molecular flexibility index (Phi) is 5.04. The fourth-order valence-corrected chi connectivity index (χ4v) is 2.42. The van der Waals surface area contributed by atoms with Crippen LogP contribution >= 0.6 is 11.6 Å². The van der Waals surface area contributed by atoms with Gasteiger partial charge in [-0.15, -0.1) is 0 Å². The number of aromatic amines is 1. The third-order valence-electron chi connectivity index (χ3n) is 3.27. The first kappa shape index (κ1) is 14.9. The molecule has 1 aromatic carbocycles. The molecule has 1 aromatic heterocycles. The Hall–Kier alpha value is -1.52. The van der Waals surface area contributed by atoms with E-state index >= 15 is 0 Å². The van der Waals surface area contributed by atoms with E-state index in [-0.39, 0.29) is 5.91 Å². The molecule has 2 rings (SSSR count). The summed E-state index contributed by atoms with van der Waals surface area (Å²) >= 11 is 6.03. The molecule has 0 aliphatic carbocycles. The van der Waals surface area contributed by atoms with Crippen molar-refractivity contribution in [1.29, 1.82) is 0 Å². The first-order chi connectivity index (χ1) is 9.61. The molecule has 0 radical (unpaired) electrons. The molecule has 0 unspecified atom stereocenters. The zero-order chi connectivity index (χ0) is 14.5. The maximum Gasteiger partial charge on any atom is 0.224 e. The second-order valence-electron chi connectivity index (χ2n) is 4.79. The van der Waals surface area contributed by atoms with Crippen molar-refractivity contribution in [2.24, 2.45) is 0 Å². The van der Waals surface area contributed by atoms with Gasteiger partial charge in [0, 0.05) is 41.9 Å². The third kappa shape index (κ3) is 3.52. The monoisotopic (exact) mass is 294 g/mol. The Labute approximate surface area is 123 Å². The van der Waals surface area contributed by atoms with Crippen molar-refractivity contribution in [3.8, 4) is 0 Å². The van der Waals surface area contributed by atoms with Gasteiger partial charge >= 0.3 is 0 Å². The molecular formula is C15H19ClN2O2. The van der Waals surface area contributed by atoms with E-state index in [9.17, 15) is 4.79 Å². The first-order valence-corrected chi connectivity index (χ1v) is 7.02. The highest BCUT2D eigenvalue weighted by Crippen LogP contribution is 2.25. The molecule has 4 nitrogen and oxygen atoms in total. The second kappa shape index (κ2) is 6.77. The molecule has 108 valence electrons. The van der Waals surface area contributed by atoms with Crippen molar-refractivity contribution in [2.75, 3.05) is 20.3 Å². The summed E-state index contributed by atoms with van der Waals surface area (Å²) in [5, 5.41) is 4.59. The predicted octanol–water partition coefficient (Wildman–Crippen LogP) is 2.82. The summed E-state index contributed by atoms with van der Waals surface area (Å²) in [5.41, 5.74) is 3.02. The van der Waals surface area contributed by atoms with Crippen LogP contribution in [-0.4, -0.2) is 31.2 Å². The molecule has 0 saturated heterocycles. The molecule has 0 saturated carbocycles. The number of fused-ring (bicyclic) bond motifs is 1. The van der Waals surface area contributed by atoms with Crippen LogP contribution in [-0.2, 0) is 16.0 Å². The Morgan fingerprint density at radius 2 is 2.25 bits per heavy atom. The number of aromatic nitrogens is 1. The van der Waals surface area contributed by atoms with Crippen molar-refractivity contribution in [1.82, 2.24) is 10.3 Å². The number of hydrogen-bond acceptors (Lipinski definition) is 2. The van der Waals surface area contributed by atoms with Gasteiger partial charge < -0.3 is 15.0 Å². The fourth-order valence-electron chi connectivity index (χ4n) is 2.25. The standard InChI is InChI=1S/C15H19ClN2O2/c1-10-12(9-15(19)17-6-3-7-20-2)13-8-11(16)4-5-14(13)18-10/h4-5,8,18H,3,6-7,9H2,1-2H3,(H,17,19). The molecule has 0 atom stereocenters. The lowest BCUT2D eigenvalue weighted by Crippen LogP contribution is -2.26. The van der Waals surface area contributed by atoms with Crippen molar-refractivity contribution in [2.45, 2.75) is 19.8 Å². The fraction of sp³-hybridized carbons (Fsp3) is 0.400. The van der Waals surface area contributed by atoms with Crippen LogP contribution in [0.5, 0.6) is 0 Å². The molecular weight excluding hydrogens is 276 g/mol. The average molecular weight is 295 g/mol. The van der Waals surface area contributed by atoms with Crippen LogP contribution in [0.2, 0.25) is 5.02 Å². The minimum Gasteiger partial charge on any atom is -0.385 e. The maximum atomic E-state index is 12.0. The van der Waals surface area contributed by atoms with Gasteiger partial charge in [-0.25, -0.2) is 0 Å². The topological polar surface area (TPSA) is 54.1 Å². The molecule has 0 fully saturated rings. The van der Waals surface area contributed by atoms with E-state index in [1.54, 1.807) is 7.11 Å². The van der Waals surface area contributed by atoms with Crippen LogP contribution in [0.3, 0.4) is 0 Å². The number of H-pyrrole nitrogens is 1. The van der Waals surface area contributed by atoms with Gasteiger partial charge in [0.05, 0.1) is 6.42 Å². The molecule has 1 amide bonds. The summed E-state index contributed by atoms with van der Waals surface area (Å²) in [7, 11) is 1.65. The van der Waals surface area contributed by atoms with E-state index in [0.717, 1.165) is 28.6 Å². The summed E-state index contributed by atoms with van der Waals surface area (Å²) < 4.78 is 4.95. The minimum atomic E-state index is 0.0186. The summed E-state index contributed by atoms with van der Waals surface area (Å²) in [5.74, 6) is 0.0186. The lowest BCUT2D eigenvalue weighted by Gasteiger charge is -2.05. The smallest absolute Gasteiger partial charge is 0.224 e. The highest BCUT2D eigenvalue weighted by Gasteiger charge is 2.12. The number of ether oxygens (including phenoxy) is 1. The molecule has 2 aromatic rings. The summed E-state index contributed by atoms with van der Waals surface area (Å²) in [6, 6.07) is 5.67. The van der Waals surface area contributed by atoms with E-state index in [4.69, 9.17) is 16.3 Å². The van der Waals surface area contributed by atoms with E-state index in [0.29, 0.717) is 24.6 Å². The van der Waals surface area contributed by atoms with Crippen molar-refractivity contribution in [3.05, 3.63) is 34.5 Å². The number of carbonyl (C=O) groups excluding carboxylic acids is 1. The first-order valence-electron chi connectivity index (χ1n) is 6.64. The van der Waals surface area contributed by atoms with E-state index < -0.39 is 0 Å². The minimum absolute atomic E-state index is 0.0186. The number of amides is 1. The van der Waals surface area contributed by atoms with Crippen LogP contribution < -0.4 is 5.32 Å². The Morgan fingerprint density at radius 3 is 3.00 bits per heavy atom. The van der Waals surface area contributed by atoms with Crippen LogP contribution in [0.25, 0.3) is 10.9 Å². The van der Waals surface area contributed by atoms with E-state index in [1.807, 2.05) is 25.1 Å². The lowest BCUT2D eigenvalue weighted by atomic mass is 10.1. The second-order valence-corrected chi connectivity index (χ2v) is 5.23. The van der Waals surface area contributed by atoms with Gasteiger partial charge in [0.2, 0.25) is 5.91 Å². The van der Waals surface area contributed by atoms with Crippen molar-refractivity contribution >= 4 is 28.4 Å². The number of hydrogen-bond donors (Lipinski definition) is 2. The number of rotatable bonds is 6. The van der Waals surface area contributed by atoms with E-state index in [1.165, 1.54) is 0 Å². The van der Waals surface area contributed by atoms with Gasteiger partial charge in [0.25, 0.3) is 0 Å². The quantitative estimate of drug-likeness (QED) is 0.805. The van der Waals surface area contributed by atoms with Gasteiger partial charge in [0.1, 0.15) is 0 Å². The molecule has 1 heterocycles. The molecule has 0 aliphatic rings. The van der Waals surface area contributed by atoms with Gasteiger partial charge in [-0.05, 0) is 37.1 Å². The Balaban J connectivity index is 2.07. The number of nitrogens with one attached hydrogen (secondary N) is 2. The lowest BCUT2D eigenvalue weighted by molar-refractivity contribution is -0.120. The van der Waals surface area contributed by atoms with Crippen LogP contribution in [0.15, 0.2) is 18.2 Å². The highest BCUT2D eigenvalue weighted by atomic mass is 35.5. The zero-order valence-corrected chi connectivity index (χ0v) is 12.5. The normalized spacial score (nSPS) is 10.9. The SMILES string of the molecule is COCCCNC(=O)Cc1c(C)[nH]c2ccc(Cl)cc12. The van der Waals surface area contributed by atoms with Crippen LogP contribution in [0, 0.1) is 6.92 Å². The average Bonchev–Trinajstić information content (AvgIpc) is 2.71. The number of benzene rings is 1. The van der Waals surface area contributed by atoms with Crippen LogP contribution in [0.1, 0.15) is 17.7 Å². The number of halogens is 1. The zero-order valence-electron chi connectivity index (χ0n) is 11.8. The third-order valence-corrected chi connectivity index (χ3v) is 3.50. The molecule has 2 N–H and O–H groups in total. The number of aryl methyl sites for hydroxylation is 1. The predicted molar refractivity (Wildman–Crippen MR) is 81.3 cm³/mol. The summed E-state index contributed by atoms with van der Waals surface area (Å²) in [6.45, 7) is 3.26. The van der Waals surface area contributed by atoms with Gasteiger partial charge in [-0.2, -0.15) is 0 Å². The summed E-state index contributed by atoms with van der Waals surface area (Å²) in [4.78, 5) is 15.2. The number of methoxy groups -OCH3 is 1. The number of carbonyl (C=O) groups is 1.